The predicted octanol–water partition coefficient (Wildman–Crippen LogP) is -0.102. The highest BCUT2D eigenvalue weighted by Crippen LogP contribution is 2.01. The quantitative estimate of drug-likeness (QED) is 0.383. The Morgan fingerprint density at radius 1 is 2.00 bits per heavy atom. The molecule has 0 aromatic carbocycles. The number of nitrogens with one attached hydrogen (secondary N) is 1. The fourth-order valence-corrected chi connectivity index (χ4v) is 0.299. The van der Waals surface area contributed by atoms with Crippen molar-refractivity contribution in [3.05, 3.63) is 0 Å². The molecule has 0 heterocycles. The summed E-state index contributed by atoms with van der Waals surface area (Å²) < 4.78 is 9.92. The minimum Gasteiger partial charge on any atom is -0.377 e. The van der Waals surface area contributed by atoms with Crippen LogP contribution in [-0.2, 0) is 4.57 Å². The molecule has 0 saturated carbocycles. The van der Waals surface area contributed by atoms with Gasteiger partial charge in [-0.25, -0.2) is 0 Å². The summed E-state index contributed by atoms with van der Waals surface area (Å²) in [6.45, 7) is 1.29. The van der Waals surface area contributed by atoms with Crippen molar-refractivity contribution in [3.63, 3.8) is 0 Å². The van der Waals surface area contributed by atoms with E-state index in [-0.39, 0.29) is 6.73 Å². The second-order valence-electron chi connectivity index (χ2n) is 0.814. The van der Waals surface area contributed by atoms with Crippen LogP contribution in [0.3, 0.4) is 0 Å². The van der Waals surface area contributed by atoms with E-state index in [1.165, 1.54) is 6.66 Å². The van der Waals surface area contributed by atoms with Gasteiger partial charge in [-0.3, -0.25) is 0 Å². The Kier molecular flexibility index (Phi) is 3.23. The van der Waals surface area contributed by atoms with Gasteiger partial charge in [0.25, 0.3) is 0 Å². The van der Waals surface area contributed by atoms with Gasteiger partial charge in [0.2, 0.25) is 0 Å². The molecule has 0 amide bonds. The van der Waals surface area contributed by atoms with Crippen molar-refractivity contribution in [2.75, 3.05) is 13.4 Å². The van der Waals surface area contributed by atoms with Crippen LogP contribution >= 0.6 is 7.95 Å². The van der Waals surface area contributed by atoms with Crippen molar-refractivity contribution in [1.29, 1.82) is 0 Å². The molecule has 0 aromatic rings. The fourth-order valence-electron chi connectivity index (χ4n) is 0.0996. The molecule has 0 rings (SSSR count). The van der Waals surface area contributed by atoms with Crippen molar-refractivity contribution in [1.82, 2.24) is 5.09 Å². The molecule has 0 spiro atoms. The zero-order chi connectivity index (χ0) is 4.99. The first-order chi connectivity index (χ1) is 2.77. The maximum Gasteiger partial charge on any atom is 0.431 e. The largest absolute Gasteiger partial charge is 0.431 e. The molecule has 6 heavy (non-hydrogen) atoms. The maximum absolute atomic E-state index is 9.92. The van der Waals surface area contributed by atoms with Gasteiger partial charge in [0, 0.05) is 0 Å². The molecule has 1 unspecified atom stereocenters. The first-order valence-electron chi connectivity index (χ1n) is 1.52. The average Bonchev–Trinajstić information content (AvgIpc) is 1.35. The van der Waals surface area contributed by atoms with Gasteiger partial charge in [-0.1, -0.05) is 9.65 Å². The van der Waals surface area contributed by atoms with Crippen LogP contribution in [0, 0.1) is 0 Å². The van der Waals surface area contributed by atoms with Crippen LogP contribution in [0.4, 0.5) is 0 Å². The molecule has 1 atom stereocenters. The minimum absolute atomic E-state index is 0.203. The molecular formula is C2H7NO2P+. The number of hydrogen-bond acceptors (Lipinski definition) is 2. The highest BCUT2D eigenvalue weighted by molar-refractivity contribution is 7.41. The van der Waals surface area contributed by atoms with Gasteiger partial charge in [-0.2, -0.15) is 0 Å². The number of rotatable bonds is 2. The first kappa shape index (κ1) is 6.02. The molecule has 3 nitrogen and oxygen atoms in total. The van der Waals surface area contributed by atoms with E-state index < -0.39 is 7.95 Å². The second kappa shape index (κ2) is 3.22. The SMILES string of the molecule is C[P+](=O)NCO. The third kappa shape index (κ3) is 4.02. The summed E-state index contributed by atoms with van der Waals surface area (Å²) in [5.41, 5.74) is 0. The molecule has 36 valence electrons. The van der Waals surface area contributed by atoms with Gasteiger partial charge in [0.15, 0.2) is 6.66 Å². The van der Waals surface area contributed by atoms with Gasteiger partial charge >= 0.3 is 7.95 Å². The molecule has 2 N–H and O–H groups in total. The Labute approximate surface area is 37.2 Å². The zero-order valence-electron chi connectivity index (χ0n) is 3.51. The summed E-state index contributed by atoms with van der Waals surface area (Å²) in [4.78, 5) is 0. The lowest BCUT2D eigenvalue weighted by molar-refractivity contribution is 0.290. The molecular weight excluding hydrogens is 101 g/mol. The van der Waals surface area contributed by atoms with Crippen LogP contribution in [-0.4, -0.2) is 18.5 Å². The topological polar surface area (TPSA) is 49.3 Å². The molecule has 0 aliphatic heterocycles. The van der Waals surface area contributed by atoms with Gasteiger partial charge in [-0.05, 0) is 0 Å². The van der Waals surface area contributed by atoms with Crippen LogP contribution in [0.2, 0.25) is 0 Å². The van der Waals surface area contributed by atoms with Crippen molar-refractivity contribution in [3.8, 4) is 0 Å². The Morgan fingerprint density at radius 2 is 2.50 bits per heavy atom. The molecule has 0 aromatic heterocycles. The van der Waals surface area contributed by atoms with Gasteiger partial charge in [-0.15, -0.1) is 0 Å². The predicted molar refractivity (Wildman–Crippen MR) is 23.8 cm³/mol. The lowest BCUT2D eigenvalue weighted by atomic mass is 11.4. The van der Waals surface area contributed by atoms with Crippen molar-refractivity contribution < 1.29 is 9.67 Å². The Bertz CT molecular complexity index is 55.5. The van der Waals surface area contributed by atoms with Crippen molar-refractivity contribution >= 4 is 7.95 Å². The van der Waals surface area contributed by atoms with Crippen LogP contribution < -0.4 is 5.09 Å². The van der Waals surface area contributed by atoms with E-state index in [4.69, 9.17) is 5.11 Å². The average molecular weight is 108 g/mol. The van der Waals surface area contributed by atoms with Gasteiger partial charge in [0.05, 0.1) is 0 Å². The monoisotopic (exact) mass is 108 g/mol. The Morgan fingerprint density at radius 3 is 2.50 bits per heavy atom. The molecule has 0 aliphatic rings. The van der Waals surface area contributed by atoms with E-state index in [1.54, 1.807) is 0 Å². The summed E-state index contributed by atoms with van der Waals surface area (Å²) in [6, 6.07) is 0. The molecule has 0 aliphatic carbocycles. The fraction of sp³-hybridized carbons (Fsp3) is 1.00. The van der Waals surface area contributed by atoms with E-state index in [1.807, 2.05) is 0 Å². The number of aliphatic hydroxyl groups excluding tert-OH is 1. The van der Waals surface area contributed by atoms with Crippen LogP contribution in [0.15, 0.2) is 0 Å². The van der Waals surface area contributed by atoms with Crippen molar-refractivity contribution in [2.24, 2.45) is 0 Å². The first-order valence-corrected chi connectivity index (χ1v) is 3.23. The van der Waals surface area contributed by atoms with Crippen LogP contribution in [0.1, 0.15) is 0 Å². The third-order valence-electron chi connectivity index (χ3n) is 0.293. The summed E-state index contributed by atoms with van der Waals surface area (Å²) in [7, 11) is -1.35. The zero-order valence-corrected chi connectivity index (χ0v) is 4.40. The lowest BCUT2D eigenvalue weighted by Crippen LogP contribution is -2.01. The summed E-state index contributed by atoms with van der Waals surface area (Å²) >= 11 is 0. The standard InChI is InChI=1S/C2H7NO2P/c1-6(5)3-2-4/h4H,2H2,1H3,(H,3,5)/q+1. The normalized spacial score (nSPS) is 11.3. The second-order valence-corrected chi connectivity index (χ2v) is 2.12. The molecule has 0 bridgehead atoms. The van der Waals surface area contributed by atoms with E-state index >= 15 is 0 Å². The highest BCUT2D eigenvalue weighted by atomic mass is 31.1. The van der Waals surface area contributed by atoms with Gasteiger partial charge in [0.1, 0.15) is 6.73 Å². The van der Waals surface area contributed by atoms with Crippen LogP contribution in [0.5, 0.6) is 0 Å². The summed E-state index contributed by atoms with van der Waals surface area (Å²) in [5.74, 6) is 0. The molecule has 0 fully saturated rings. The summed E-state index contributed by atoms with van der Waals surface area (Å²) in [5, 5.41) is 10.2. The minimum atomic E-state index is -1.35. The van der Waals surface area contributed by atoms with E-state index in [0.29, 0.717) is 0 Å². The molecule has 4 heteroatoms. The van der Waals surface area contributed by atoms with Gasteiger partial charge < -0.3 is 5.11 Å². The third-order valence-corrected chi connectivity index (χ3v) is 0.880. The maximum atomic E-state index is 9.92. The van der Waals surface area contributed by atoms with Crippen molar-refractivity contribution in [2.45, 2.75) is 0 Å². The van der Waals surface area contributed by atoms with Crippen LogP contribution in [0.25, 0.3) is 0 Å². The highest BCUT2D eigenvalue weighted by Gasteiger charge is 1.97. The lowest BCUT2D eigenvalue weighted by Gasteiger charge is -1.73. The molecule has 0 saturated heterocycles. The number of hydrogen-bond donors (Lipinski definition) is 2. The molecule has 0 radical (unpaired) electrons. The van der Waals surface area contributed by atoms with E-state index in [2.05, 4.69) is 5.09 Å². The smallest absolute Gasteiger partial charge is 0.377 e. The summed E-state index contributed by atoms with van der Waals surface area (Å²) in [6.07, 6.45) is 0. The number of aliphatic hydroxyl groups is 1. The van der Waals surface area contributed by atoms with E-state index in [0.717, 1.165) is 0 Å². The Balaban J connectivity index is 2.83. The van der Waals surface area contributed by atoms with E-state index in [9.17, 15) is 4.57 Å². The Hall–Kier alpha value is 0.0200.